The Morgan fingerprint density at radius 1 is 1.30 bits per heavy atom. The summed E-state index contributed by atoms with van der Waals surface area (Å²) in [6.07, 6.45) is 1.47. The van der Waals surface area contributed by atoms with Gasteiger partial charge in [0.15, 0.2) is 0 Å². The summed E-state index contributed by atoms with van der Waals surface area (Å²) in [5.41, 5.74) is 0. The first kappa shape index (κ1) is 7.73. The van der Waals surface area contributed by atoms with Crippen LogP contribution in [-0.4, -0.2) is 29.8 Å². The van der Waals surface area contributed by atoms with Gasteiger partial charge >= 0.3 is 0 Å². The van der Waals surface area contributed by atoms with E-state index in [-0.39, 0.29) is 0 Å². The van der Waals surface area contributed by atoms with Gasteiger partial charge in [-0.05, 0) is 20.9 Å². The maximum absolute atomic E-state index is 11.0. The third-order valence-electron chi connectivity index (χ3n) is 2.44. The highest BCUT2D eigenvalue weighted by molar-refractivity contribution is 5.80. The number of carbonyl (C=O) groups excluding carboxylic acids is 1. The van der Waals surface area contributed by atoms with E-state index in [1.54, 1.807) is 0 Å². The van der Waals surface area contributed by atoms with Crippen LogP contribution in [0.25, 0.3) is 0 Å². The highest BCUT2D eigenvalue weighted by Gasteiger charge is 2.25. The van der Waals surface area contributed by atoms with Crippen molar-refractivity contribution in [3.8, 4) is 0 Å². The Balaban J connectivity index is 2.57. The standard InChI is InChI=1S/C8H15NO/c1-6-4-8(10)5-7(2)9(6)3/h6-7H,4-5H2,1-3H3/t6-,7+. The van der Waals surface area contributed by atoms with Crippen molar-refractivity contribution < 1.29 is 4.79 Å². The van der Waals surface area contributed by atoms with Gasteiger partial charge in [0, 0.05) is 24.9 Å². The molecule has 1 heterocycles. The third kappa shape index (κ3) is 1.37. The van der Waals surface area contributed by atoms with Gasteiger partial charge in [0.2, 0.25) is 0 Å². The topological polar surface area (TPSA) is 20.3 Å². The maximum atomic E-state index is 11.0. The van der Waals surface area contributed by atoms with Crippen molar-refractivity contribution in [2.24, 2.45) is 0 Å². The smallest absolute Gasteiger partial charge is 0.136 e. The zero-order chi connectivity index (χ0) is 7.72. The lowest BCUT2D eigenvalue weighted by Crippen LogP contribution is -2.43. The van der Waals surface area contributed by atoms with Gasteiger partial charge in [0.1, 0.15) is 5.78 Å². The molecule has 0 spiro atoms. The van der Waals surface area contributed by atoms with Gasteiger partial charge in [0.05, 0.1) is 0 Å². The van der Waals surface area contributed by atoms with Crippen molar-refractivity contribution in [2.45, 2.75) is 38.8 Å². The molecule has 58 valence electrons. The second-order valence-electron chi connectivity index (χ2n) is 3.31. The van der Waals surface area contributed by atoms with E-state index in [0.29, 0.717) is 17.9 Å². The van der Waals surface area contributed by atoms with Crippen LogP contribution in [0.4, 0.5) is 0 Å². The highest BCUT2D eigenvalue weighted by atomic mass is 16.1. The molecule has 1 saturated heterocycles. The van der Waals surface area contributed by atoms with Crippen LogP contribution in [0.5, 0.6) is 0 Å². The average Bonchev–Trinajstić information content (AvgIpc) is 1.82. The monoisotopic (exact) mass is 141 g/mol. The molecule has 0 amide bonds. The SMILES string of the molecule is C[C@@H]1CC(=O)C[C@H](C)N1C. The predicted octanol–water partition coefficient (Wildman–Crippen LogP) is 1.06. The molecule has 2 heteroatoms. The van der Waals surface area contributed by atoms with Crippen LogP contribution >= 0.6 is 0 Å². The number of hydrogen-bond donors (Lipinski definition) is 0. The number of carbonyl (C=O) groups is 1. The molecule has 0 unspecified atom stereocenters. The van der Waals surface area contributed by atoms with Gasteiger partial charge in [-0.25, -0.2) is 0 Å². The zero-order valence-electron chi connectivity index (χ0n) is 6.92. The Morgan fingerprint density at radius 2 is 1.70 bits per heavy atom. The quantitative estimate of drug-likeness (QED) is 0.502. The largest absolute Gasteiger partial charge is 0.300 e. The molecular formula is C8H15NO. The van der Waals surface area contributed by atoms with E-state index in [1.807, 2.05) is 0 Å². The Morgan fingerprint density at radius 3 is 2.10 bits per heavy atom. The fraction of sp³-hybridized carbons (Fsp3) is 0.875. The first-order valence-electron chi connectivity index (χ1n) is 3.85. The molecule has 0 N–H and O–H groups in total. The number of piperidine rings is 1. The first-order chi connectivity index (χ1) is 4.61. The van der Waals surface area contributed by atoms with Crippen molar-refractivity contribution in [1.82, 2.24) is 4.90 Å². The van der Waals surface area contributed by atoms with E-state index in [9.17, 15) is 4.79 Å². The minimum absolute atomic E-state index is 0.415. The van der Waals surface area contributed by atoms with Crippen LogP contribution in [0.15, 0.2) is 0 Å². The lowest BCUT2D eigenvalue weighted by molar-refractivity contribution is -0.124. The van der Waals surface area contributed by atoms with Crippen LogP contribution in [-0.2, 0) is 4.79 Å². The molecular weight excluding hydrogens is 126 g/mol. The highest BCUT2D eigenvalue weighted by Crippen LogP contribution is 2.17. The Kier molecular flexibility index (Phi) is 2.09. The lowest BCUT2D eigenvalue weighted by atomic mass is 9.97. The normalized spacial score (nSPS) is 36.5. The summed E-state index contributed by atoms with van der Waals surface area (Å²) in [6.45, 7) is 4.21. The minimum Gasteiger partial charge on any atom is -0.300 e. The second-order valence-corrected chi connectivity index (χ2v) is 3.31. The van der Waals surface area contributed by atoms with Crippen molar-refractivity contribution in [3.63, 3.8) is 0 Å². The van der Waals surface area contributed by atoms with Crippen LogP contribution < -0.4 is 0 Å². The van der Waals surface area contributed by atoms with Gasteiger partial charge in [-0.3, -0.25) is 4.79 Å². The molecule has 1 aliphatic heterocycles. The Labute approximate surface area is 62.2 Å². The summed E-state index contributed by atoms with van der Waals surface area (Å²) < 4.78 is 0. The van der Waals surface area contributed by atoms with Gasteiger partial charge in [0.25, 0.3) is 0 Å². The number of likely N-dealkylation sites (tertiary alicyclic amines) is 1. The van der Waals surface area contributed by atoms with Gasteiger partial charge < -0.3 is 4.90 Å². The molecule has 0 saturated carbocycles. The summed E-state index contributed by atoms with van der Waals surface area (Å²) in [6, 6.07) is 0.882. The minimum atomic E-state index is 0.415. The predicted molar refractivity (Wildman–Crippen MR) is 40.9 cm³/mol. The van der Waals surface area contributed by atoms with Crippen molar-refractivity contribution >= 4 is 5.78 Å². The summed E-state index contributed by atoms with van der Waals surface area (Å²) in [5.74, 6) is 0.415. The van der Waals surface area contributed by atoms with Gasteiger partial charge in [-0.1, -0.05) is 0 Å². The molecule has 10 heavy (non-hydrogen) atoms. The van der Waals surface area contributed by atoms with Crippen molar-refractivity contribution in [1.29, 1.82) is 0 Å². The molecule has 1 aliphatic rings. The van der Waals surface area contributed by atoms with E-state index in [4.69, 9.17) is 0 Å². The van der Waals surface area contributed by atoms with E-state index in [0.717, 1.165) is 12.8 Å². The molecule has 0 radical (unpaired) electrons. The number of hydrogen-bond acceptors (Lipinski definition) is 2. The van der Waals surface area contributed by atoms with Crippen molar-refractivity contribution in [3.05, 3.63) is 0 Å². The fourth-order valence-electron chi connectivity index (χ4n) is 1.46. The Bertz CT molecular complexity index is 130. The van der Waals surface area contributed by atoms with Gasteiger partial charge in [-0.15, -0.1) is 0 Å². The molecule has 2 nitrogen and oxygen atoms in total. The summed E-state index contributed by atoms with van der Waals surface area (Å²) in [7, 11) is 2.09. The Hall–Kier alpha value is -0.370. The van der Waals surface area contributed by atoms with Crippen LogP contribution in [0, 0.1) is 0 Å². The summed E-state index contributed by atoms with van der Waals surface area (Å²) in [4.78, 5) is 13.3. The summed E-state index contributed by atoms with van der Waals surface area (Å²) in [5, 5.41) is 0. The zero-order valence-corrected chi connectivity index (χ0v) is 6.92. The summed E-state index contributed by atoms with van der Waals surface area (Å²) >= 11 is 0. The molecule has 0 aliphatic carbocycles. The average molecular weight is 141 g/mol. The van der Waals surface area contributed by atoms with E-state index in [2.05, 4.69) is 25.8 Å². The number of ketones is 1. The van der Waals surface area contributed by atoms with E-state index in [1.165, 1.54) is 0 Å². The number of rotatable bonds is 0. The van der Waals surface area contributed by atoms with Gasteiger partial charge in [-0.2, -0.15) is 0 Å². The molecule has 0 aromatic carbocycles. The van der Waals surface area contributed by atoms with Crippen molar-refractivity contribution in [2.75, 3.05) is 7.05 Å². The number of Topliss-reactive ketones (excluding diaryl/α,β-unsaturated/α-hetero) is 1. The molecule has 0 bridgehead atoms. The molecule has 1 rings (SSSR count). The lowest BCUT2D eigenvalue weighted by Gasteiger charge is -2.34. The number of nitrogens with zero attached hydrogens (tertiary/aromatic N) is 1. The van der Waals surface area contributed by atoms with E-state index < -0.39 is 0 Å². The first-order valence-corrected chi connectivity index (χ1v) is 3.85. The van der Waals surface area contributed by atoms with Crippen LogP contribution in [0.2, 0.25) is 0 Å². The van der Waals surface area contributed by atoms with Crippen LogP contribution in [0.3, 0.4) is 0 Å². The fourth-order valence-corrected chi connectivity index (χ4v) is 1.46. The molecule has 0 aromatic rings. The molecule has 2 atom stereocenters. The third-order valence-corrected chi connectivity index (χ3v) is 2.44. The molecule has 0 aromatic heterocycles. The second kappa shape index (κ2) is 2.70. The molecule has 1 fully saturated rings. The van der Waals surface area contributed by atoms with E-state index >= 15 is 0 Å². The van der Waals surface area contributed by atoms with Crippen LogP contribution in [0.1, 0.15) is 26.7 Å². The maximum Gasteiger partial charge on any atom is 0.136 e.